The molecule has 0 radical (unpaired) electrons. The van der Waals surface area contributed by atoms with Crippen molar-refractivity contribution in [2.75, 3.05) is 58.5 Å². The fourth-order valence-electron chi connectivity index (χ4n) is 3.88. The predicted octanol–water partition coefficient (Wildman–Crippen LogP) is 7.10. The standard InChI is InChI=1S/C27H53NO10P2/c1-7-35-39(31,36-8-2)22-25(23-40(32,37-9-3)38-10-4)21-34-27(30)28-19-17-15-13-11-12-14-16-18-20-33-26(29)24(5)6/h25H,5,7-23H2,1-4,6H3,(H,28,30). The summed E-state index contributed by atoms with van der Waals surface area (Å²) >= 11 is 0. The SMILES string of the molecule is C=C(C)C(=O)OCCCCCCCCCCNC(=O)OCC(CP(=O)(OCC)OCC)CP(=O)(OCC)OCC. The van der Waals surface area contributed by atoms with Crippen molar-refractivity contribution in [2.24, 2.45) is 5.92 Å². The van der Waals surface area contributed by atoms with Gasteiger partial charge in [0.25, 0.3) is 0 Å². The van der Waals surface area contributed by atoms with E-state index >= 15 is 0 Å². The molecule has 0 unspecified atom stereocenters. The zero-order chi connectivity index (χ0) is 30.3. The van der Waals surface area contributed by atoms with Crippen LogP contribution in [-0.4, -0.2) is 70.6 Å². The van der Waals surface area contributed by atoms with Gasteiger partial charge in [0.15, 0.2) is 0 Å². The molecular formula is C27H53NO10P2. The number of nitrogens with one attached hydrogen (secondary N) is 1. The Kier molecular flexibility index (Phi) is 22.6. The summed E-state index contributed by atoms with van der Waals surface area (Å²) in [5.74, 6) is -0.947. The second-order valence-electron chi connectivity index (χ2n) is 9.39. The van der Waals surface area contributed by atoms with Gasteiger partial charge in [-0.25, -0.2) is 9.59 Å². The molecule has 0 atom stereocenters. The first-order valence-corrected chi connectivity index (χ1v) is 18.0. The first kappa shape index (κ1) is 38.8. The van der Waals surface area contributed by atoms with E-state index in [0.717, 1.165) is 51.4 Å². The Balaban J connectivity index is 4.42. The molecule has 0 saturated carbocycles. The lowest BCUT2D eigenvalue weighted by molar-refractivity contribution is -0.139. The number of alkyl carbamates (subject to hydrolysis) is 1. The molecule has 0 aliphatic carbocycles. The van der Waals surface area contributed by atoms with E-state index in [0.29, 0.717) is 18.7 Å². The summed E-state index contributed by atoms with van der Waals surface area (Å²) in [6, 6.07) is 0. The fourth-order valence-corrected chi connectivity index (χ4v) is 7.96. The van der Waals surface area contributed by atoms with Gasteiger partial charge in [-0.2, -0.15) is 0 Å². The Bertz CT molecular complexity index is 756. The van der Waals surface area contributed by atoms with E-state index in [1.54, 1.807) is 34.6 Å². The molecule has 0 bridgehead atoms. The van der Waals surface area contributed by atoms with Crippen LogP contribution >= 0.6 is 15.2 Å². The van der Waals surface area contributed by atoms with Gasteiger partial charge >= 0.3 is 27.3 Å². The van der Waals surface area contributed by atoms with Crippen molar-refractivity contribution in [3.05, 3.63) is 12.2 Å². The van der Waals surface area contributed by atoms with Crippen LogP contribution in [0.3, 0.4) is 0 Å². The minimum atomic E-state index is -3.48. The third-order valence-electron chi connectivity index (χ3n) is 5.64. The minimum Gasteiger partial charge on any atom is -0.462 e. The number of amides is 1. The Labute approximate surface area is 241 Å². The van der Waals surface area contributed by atoms with Gasteiger partial charge in [0.1, 0.15) is 0 Å². The highest BCUT2D eigenvalue weighted by molar-refractivity contribution is 7.55. The largest absolute Gasteiger partial charge is 0.462 e. The summed E-state index contributed by atoms with van der Waals surface area (Å²) < 4.78 is 58.2. The van der Waals surface area contributed by atoms with Crippen molar-refractivity contribution in [3.8, 4) is 0 Å². The Morgan fingerprint density at radius 3 is 1.55 bits per heavy atom. The molecule has 0 heterocycles. The summed E-state index contributed by atoms with van der Waals surface area (Å²) in [7, 11) is -6.96. The monoisotopic (exact) mass is 613 g/mol. The third-order valence-corrected chi connectivity index (χ3v) is 10.2. The van der Waals surface area contributed by atoms with Crippen LogP contribution in [0, 0.1) is 5.92 Å². The number of carbonyl (C=O) groups excluding carboxylic acids is 2. The number of hydrogen-bond acceptors (Lipinski definition) is 10. The first-order chi connectivity index (χ1) is 19.0. The average molecular weight is 614 g/mol. The molecule has 0 saturated heterocycles. The molecular weight excluding hydrogens is 560 g/mol. The van der Waals surface area contributed by atoms with Crippen LogP contribution in [0.1, 0.15) is 86.0 Å². The van der Waals surface area contributed by atoms with Gasteiger partial charge in [-0.3, -0.25) is 9.13 Å². The van der Waals surface area contributed by atoms with Gasteiger partial charge in [-0.15, -0.1) is 0 Å². The lowest BCUT2D eigenvalue weighted by Gasteiger charge is -2.26. The normalized spacial score (nSPS) is 11.9. The number of hydrogen-bond donors (Lipinski definition) is 1. The highest BCUT2D eigenvalue weighted by atomic mass is 31.2. The maximum atomic E-state index is 13.1. The topological polar surface area (TPSA) is 136 Å². The molecule has 0 aliphatic rings. The molecule has 40 heavy (non-hydrogen) atoms. The van der Waals surface area contributed by atoms with Crippen molar-refractivity contribution >= 4 is 27.3 Å². The molecule has 0 spiro atoms. The van der Waals surface area contributed by atoms with E-state index in [1.807, 2.05) is 0 Å². The van der Waals surface area contributed by atoms with Crippen LogP contribution in [0.5, 0.6) is 0 Å². The van der Waals surface area contributed by atoms with E-state index in [-0.39, 0.29) is 51.3 Å². The molecule has 1 amide bonds. The molecule has 1 N–H and O–H groups in total. The van der Waals surface area contributed by atoms with Crippen LogP contribution in [0.25, 0.3) is 0 Å². The molecule has 0 aromatic carbocycles. The molecule has 0 rings (SSSR count). The fraction of sp³-hybridized carbons (Fsp3) is 0.852. The van der Waals surface area contributed by atoms with Gasteiger partial charge in [-0.1, -0.05) is 45.1 Å². The summed E-state index contributed by atoms with van der Waals surface area (Å²) in [5, 5.41) is 2.73. The quantitative estimate of drug-likeness (QED) is 0.0465. The minimum absolute atomic E-state index is 0.0776. The third kappa shape index (κ3) is 19.8. The lowest BCUT2D eigenvalue weighted by atomic mass is 10.1. The summed E-state index contributed by atoms with van der Waals surface area (Å²) in [6.07, 6.45) is 7.32. The van der Waals surface area contributed by atoms with Crippen molar-refractivity contribution in [3.63, 3.8) is 0 Å². The Hall–Kier alpha value is -1.22. The van der Waals surface area contributed by atoms with Gasteiger partial charge in [0.05, 0.1) is 52.0 Å². The number of unbranched alkanes of at least 4 members (excludes halogenated alkanes) is 7. The van der Waals surface area contributed by atoms with Crippen molar-refractivity contribution in [2.45, 2.75) is 86.0 Å². The number of rotatable bonds is 26. The average Bonchev–Trinajstić information content (AvgIpc) is 2.88. The Morgan fingerprint density at radius 1 is 0.700 bits per heavy atom. The van der Waals surface area contributed by atoms with Crippen LogP contribution in [0.15, 0.2) is 12.2 Å². The van der Waals surface area contributed by atoms with Crippen LogP contribution in [0.4, 0.5) is 4.79 Å². The van der Waals surface area contributed by atoms with Crippen molar-refractivity contribution < 1.29 is 46.3 Å². The van der Waals surface area contributed by atoms with E-state index in [2.05, 4.69) is 11.9 Å². The lowest BCUT2D eigenvalue weighted by Crippen LogP contribution is -2.29. The second kappa shape index (κ2) is 23.4. The highest BCUT2D eigenvalue weighted by Gasteiger charge is 2.36. The maximum absolute atomic E-state index is 13.1. The predicted molar refractivity (Wildman–Crippen MR) is 157 cm³/mol. The molecule has 0 aliphatic heterocycles. The molecule has 0 aromatic rings. The number of esters is 1. The molecule has 236 valence electrons. The molecule has 0 aromatic heterocycles. The van der Waals surface area contributed by atoms with E-state index < -0.39 is 27.2 Å². The second-order valence-corrected chi connectivity index (χ2v) is 13.6. The smallest absolute Gasteiger partial charge is 0.407 e. The van der Waals surface area contributed by atoms with Gasteiger partial charge < -0.3 is 32.9 Å². The zero-order valence-corrected chi connectivity index (χ0v) is 27.1. The summed E-state index contributed by atoms with van der Waals surface area (Å²) in [5.41, 5.74) is 0.421. The van der Waals surface area contributed by atoms with Crippen molar-refractivity contribution in [1.29, 1.82) is 0 Å². The van der Waals surface area contributed by atoms with Crippen LogP contribution < -0.4 is 5.32 Å². The van der Waals surface area contributed by atoms with Crippen LogP contribution in [-0.2, 0) is 41.5 Å². The van der Waals surface area contributed by atoms with E-state index in [4.69, 9.17) is 27.6 Å². The number of carbonyl (C=O) groups is 2. The van der Waals surface area contributed by atoms with Crippen LogP contribution in [0.2, 0.25) is 0 Å². The van der Waals surface area contributed by atoms with Gasteiger partial charge in [0, 0.05) is 18.0 Å². The summed E-state index contributed by atoms with van der Waals surface area (Å²) in [6.45, 7) is 13.6. The van der Waals surface area contributed by atoms with Gasteiger partial charge in [-0.05, 0) is 47.5 Å². The maximum Gasteiger partial charge on any atom is 0.407 e. The zero-order valence-electron chi connectivity index (χ0n) is 25.3. The van der Waals surface area contributed by atoms with Crippen molar-refractivity contribution in [1.82, 2.24) is 5.32 Å². The molecule has 13 heteroatoms. The van der Waals surface area contributed by atoms with Gasteiger partial charge in [0.2, 0.25) is 0 Å². The van der Waals surface area contributed by atoms with E-state index in [9.17, 15) is 18.7 Å². The first-order valence-electron chi connectivity index (χ1n) is 14.5. The number of ether oxygens (including phenoxy) is 2. The van der Waals surface area contributed by atoms with E-state index in [1.165, 1.54) is 0 Å². The highest BCUT2D eigenvalue weighted by Crippen LogP contribution is 2.54. The Morgan fingerprint density at radius 2 is 1.12 bits per heavy atom. The molecule has 0 fully saturated rings. The molecule has 11 nitrogen and oxygen atoms in total. The summed E-state index contributed by atoms with van der Waals surface area (Å²) in [4.78, 5) is 23.6.